The SMILES string of the molecule is CC(C)CCCCCCNS(=O)(=O)c1cnc(N)c(Cl)c1. The van der Waals surface area contributed by atoms with E-state index in [1.54, 1.807) is 0 Å². The molecule has 5 nitrogen and oxygen atoms in total. The van der Waals surface area contributed by atoms with Gasteiger partial charge in [-0.1, -0.05) is 51.1 Å². The number of halogens is 1. The van der Waals surface area contributed by atoms with Gasteiger partial charge < -0.3 is 5.73 Å². The Bertz CT molecular complexity index is 547. The van der Waals surface area contributed by atoms with Crippen molar-refractivity contribution in [2.24, 2.45) is 5.92 Å². The maximum atomic E-state index is 12.0. The van der Waals surface area contributed by atoms with Crippen LogP contribution in [0.2, 0.25) is 5.02 Å². The lowest BCUT2D eigenvalue weighted by Crippen LogP contribution is -2.25. The monoisotopic (exact) mass is 333 g/mol. The molecule has 0 radical (unpaired) electrons. The molecule has 0 saturated carbocycles. The van der Waals surface area contributed by atoms with E-state index in [-0.39, 0.29) is 15.7 Å². The number of hydrogen-bond acceptors (Lipinski definition) is 4. The second-order valence-corrected chi connectivity index (χ2v) is 7.71. The Morgan fingerprint density at radius 1 is 1.29 bits per heavy atom. The number of anilines is 1. The van der Waals surface area contributed by atoms with Gasteiger partial charge in [-0.2, -0.15) is 0 Å². The number of sulfonamides is 1. The minimum absolute atomic E-state index is 0.0431. The first-order valence-corrected chi connectivity index (χ1v) is 9.09. The Morgan fingerprint density at radius 2 is 1.95 bits per heavy atom. The molecule has 0 amide bonds. The Hall–Kier alpha value is -0.850. The quantitative estimate of drug-likeness (QED) is 0.679. The molecule has 0 aliphatic carbocycles. The Kier molecular flexibility index (Phi) is 7.42. The van der Waals surface area contributed by atoms with Crippen molar-refractivity contribution in [2.75, 3.05) is 12.3 Å². The fourth-order valence-electron chi connectivity index (χ4n) is 1.90. The molecule has 0 atom stereocenters. The molecule has 120 valence electrons. The molecule has 1 aromatic rings. The number of nitrogens with zero attached hydrogens (tertiary/aromatic N) is 1. The van der Waals surface area contributed by atoms with E-state index in [0.717, 1.165) is 25.2 Å². The van der Waals surface area contributed by atoms with E-state index in [1.165, 1.54) is 25.1 Å². The van der Waals surface area contributed by atoms with Gasteiger partial charge in [-0.05, 0) is 18.4 Å². The van der Waals surface area contributed by atoms with Gasteiger partial charge in [0.2, 0.25) is 10.0 Å². The van der Waals surface area contributed by atoms with Crippen molar-refractivity contribution in [3.63, 3.8) is 0 Å². The van der Waals surface area contributed by atoms with Crippen LogP contribution in [0.4, 0.5) is 5.82 Å². The summed E-state index contributed by atoms with van der Waals surface area (Å²) in [5.74, 6) is 0.854. The van der Waals surface area contributed by atoms with Crippen LogP contribution in [-0.4, -0.2) is 19.9 Å². The van der Waals surface area contributed by atoms with Gasteiger partial charge in [-0.25, -0.2) is 18.1 Å². The highest BCUT2D eigenvalue weighted by molar-refractivity contribution is 7.89. The summed E-state index contributed by atoms with van der Waals surface area (Å²) in [5, 5.41) is 0.145. The van der Waals surface area contributed by atoms with Crippen molar-refractivity contribution < 1.29 is 8.42 Å². The lowest BCUT2D eigenvalue weighted by atomic mass is 10.0. The van der Waals surface area contributed by atoms with Gasteiger partial charge in [0.05, 0.1) is 5.02 Å². The zero-order chi connectivity index (χ0) is 15.9. The Morgan fingerprint density at radius 3 is 2.57 bits per heavy atom. The number of unbranched alkanes of at least 4 members (excludes halogenated alkanes) is 3. The summed E-state index contributed by atoms with van der Waals surface area (Å²) in [6.45, 7) is 4.84. The van der Waals surface area contributed by atoms with Crippen LogP contribution in [-0.2, 0) is 10.0 Å². The van der Waals surface area contributed by atoms with Gasteiger partial charge in [0.1, 0.15) is 10.7 Å². The van der Waals surface area contributed by atoms with E-state index < -0.39 is 10.0 Å². The van der Waals surface area contributed by atoms with E-state index in [2.05, 4.69) is 23.6 Å². The first kappa shape index (κ1) is 18.2. The van der Waals surface area contributed by atoms with Gasteiger partial charge in [0.25, 0.3) is 0 Å². The fraction of sp³-hybridized carbons (Fsp3) is 0.643. The lowest BCUT2D eigenvalue weighted by Gasteiger charge is -2.08. The third-order valence-electron chi connectivity index (χ3n) is 3.16. The van der Waals surface area contributed by atoms with Gasteiger partial charge in [0, 0.05) is 12.7 Å². The highest BCUT2D eigenvalue weighted by Gasteiger charge is 2.15. The zero-order valence-electron chi connectivity index (χ0n) is 12.6. The minimum Gasteiger partial charge on any atom is -0.382 e. The van der Waals surface area contributed by atoms with Crippen LogP contribution in [0.15, 0.2) is 17.2 Å². The second kappa shape index (κ2) is 8.56. The van der Waals surface area contributed by atoms with E-state index in [9.17, 15) is 8.42 Å². The number of hydrogen-bond donors (Lipinski definition) is 2. The number of rotatable bonds is 9. The van der Waals surface area contributed by atoms with E-state index in [4.69, 9.17) is 17.3 Å². The van der Waals surface area contributed by atoms with E-state index in [0.29, 0.717) is 6.54 Å². The van der Waals surface area contributed by atoms with Crippen molar-refractivity contribution in [3.05, 3.63) is 17.3 Å². The fourth-order valence-corrected chi connectivity index (χ4v) is 3.17. The van der Waals surface area contributed by atoms with Gasteiger partial charge in [-0.15, -0.1) is 0 Å². The molecule has 0 bridgehead atoms. The van der Waals surface area contributed by atoms with Crippen LogP contribution in [0.25, 0.3) is 0 Å². The van der Waals surface area contributed by atoms with Crippen molar-refractivity contribution in [3.8, 4) is 0 Å². The predicted molar refractivity (Wildman–Crippen MR) is 86.8 cm³/mol. The van der Waals surface area contributed by atoms with Crippen LogP contribution >= 0.6 is 11.6 Å². The first-order chi connectivity index (χ1) is 9.83. The van der Waals surface area contributed by atoms with Crippen LogP contribution in [0.3, 0.4) is 0 Å². The maximum absolute atomic E-state index is 12.0. The van der Waals surface area contributed by atoms with Crippen LogP contribution in [0.5, 0.6) is 0 Å². The third kappa shape index (κ3) is 6.63. The number of nitrogens with two attached hydrogens (primary N) is 1. The number of nitrogens with one attached hydrogen (secondary N) is 1. The predicted octanol–water partition coefficient (Wildman–Crippen LogP) is 3.20. The first-order valence-electron chi connectivity index (χ1n) is 7.23. The smallest absolute Gasteiger partial charge is 0.242 e. The van der Waals surface area contributed by atoms with Crippen molar-refractivity contribution in [2.45, 2.75) is 50.8 Å². The zero-order valence-corrected chi connectivity index (χ0v) is 14.2. The van der Waals surface area contributed by atoms with Gasteiger partial charge in [0.15, 0.2) is 0 Å². The van der Waals surface area contributed by atoms with E-state index >= 15 is 0 Å². The van der Waals surface area contributed by atoms with Crippen molar-refractivity contribution in [1.29, 1.82) is 0 Å². The van der Waals surface area contributed by atoms with Crippen molar-refractivity contribution >= 4 is 27.4 Å². The lowest BCUT2D eigenvalue weighted by molar-refractivity contribution is 0.517. The van der Waals surface area contributed by atoms with E-state index in [1.807, 2.05) is 0 Å². The molecule has 1 rings (SSSR count). The Balaban J connectivity index is 2.35. The largest absolute Gasteiger partial charge is 0.382 e. The topological polar surface area (TPSA) is 85.1 Å². The van der Waals surface area contributed by atoms with Gasteiger partial charge >= 0.3 is 0 Å². The maximum Gasteiger partial charge on any atom is 0.242 e. The summed E-state index contributed by atoms with van der Waals surface area (Å²) in [7, 11) is -3.56. The highest BCUT2D eigenvalue weighted by Crippen LogP contribution is 2.19. The molecule has 1 aromatic heterocycles. The summed E-state index contributed by atoms with van der Waals surface area (Å²) >= 11 is 5.78. The average Bonchev–Trinajstić information content (AvgIpc) is 2.40. The molecule has 0 aromatic carbocycles. The molecule has 0 aliphatic heterocycles. The highest BCUT2D eigenvalue weighted by atomic mass is 35.5. The molecule has 0 spiro atoms. The van der Waals surface area contributed by atoms with Crippen LogP contribution in [0, 0.1) is 5.92 Å². The molecule has 0 aliphatic rings. The summed E-state index contributed by atoms with van der Waals surface area (Å²) in [4.78, 5) is 3.80. The number of aromatic nitrogens is 1. The molecule has 0 unspecified atom stereocenters. The summed E-state index contributed by atoms with van der Waals surface area (Å²) in [6, 6.07) is 1.31. The standard InChI is InChI=1S/C14H24ClN3O2S/c1-11(2)7-5-3-4-6-8-18-21(19,20)12-9-13(15)14(16)17-10-12/h9-11,18H,3-8H2,1-2H3,(H2,16,17). The van der Waals surface area contributed by atoms with Gasteiger partial charge in [-0.3, -0.25) is 0 Å². The molecule has 21 heavy (non-hydrogen) atoms. The molecule has 3 N–H and O–H groups in total. The normalized spacial score (nSPS) is 12.0. The Labute approximate surface area is 132 Å². The molecule has 7 heteroatoms. The molecule has 0 fully saturated rings. The van der Waals surface area contributed by atoms with Crippen LogP contribution in [0.1, 0.15) is 46.0 Å². The number of nitrogen functional groups attached to an aromatic ring is 1. The summed E-state index contributed by atoms with van der Waals surface area (Å²) in [5.41, 5.74) is 5.46. The summed E-state index contributed by atoms with van der Waals surface area (Å²) in [6.07, 6.45) is 6.62. The third-order valence-corrected chi connectivity index (χ3v) is 4.89. The molecular weight excluding hydrogens is 310 g/mol. The van der Waals surface area contributed by atoms with Crippen molar-refractivity contribution in [1.82, 2.24) is 9.71 Å². The van der Waals surface area contributed by atoms with Crippen LogP contribution < -0.4 is 10.5 Å². The molecular formula is C14H24ClN3O2S. The second-order valence-electron chi connectivity index (χ2n) is 5.53. The molecule has 0 saturated heterocycles. The minimum atomic E-state index is -3.56. The average molecular weight is 334 g/mol. The summed E-state index contributed by atoms with van der Waals surface area (Å²) < 4.78 is 26.6. The number of pyridine rings is 1. The molecule has 1 heterocycles.